The molecule has 1 aliphatic rings. The molecule has 0 amide bonds. The summed E-state index contributed by atoms with van der Waals surface area (Å²) in [6.07, 6.45) is 3.77. The van der Waals surface area contributed by atoms with Crippen molar-refractivity contribution in [1.29, 1.82) is 0 Å². The summed E-state index contributed by atoms with van der Waals surface area (Å²) in [5, 5.41) is 8.39. The first-order valence-corrected chi connectivity index (χ1v) is 21.3. The molecule has 0 aliphatic carbocycles. The summed E-state index contributed by atoms with van der Waals surface area (Å²) in [6.45, 7) is 2.36. The lowest BCUT2D eigenvalue weighted by molar-refractivity contribution is 0.446. The maximum Gasteiger partial charge on any atom is 0.155 e. The zero-order valence-electron chi connectivity index (χ0n) is 34.0. The molecule has 9 aromatic carbocycles. The van der Waals surface area contributed by atoms with Gasteiger partial charge in [-0.15, -0.1) is 0 Å². The van der Waals surface area contributed by atoms with Crippen LogP contribution in [0.2, 0.25) is 0 Å². The van der Waals surface area contributed by atoms with Crippen molar-refractivity contribution in [2.45, 2.75) is 25.8 Å². The molecule has 0 spiro atoms. The molecule has 0 fully saturated rings. The van der Waals surface area contributed by atoms with Crippen molar-refractivity contribution >= 4 is 54.8 Å². The van der Waals surface area contributed by atoms with E-state index in [2.05, 4.69) is 207 Å². The van der Waals surface area contributed by atoms with Crippen molar-refractivity contribution < 1.29 is 0 Å². The van der Waals surface area contributed by atoms with Crippen molar-refractivity contribution in [1.82, 2.24) is 4.98 Å². The number of pyridine rings is 1. The first kappa shape index (κ1) is 36.6. The smallest absolute Gasteiger partial charge is 0.155 e. The minimum atomic E-state index is -0.0711. The van der Waals surface area contributed by atoms with Gasteiger partial charge in [0.05, 0.1) is 17.3 Å². The van der Waals surface area contributed by atoms with E-state index in [-0.39, 0.29) is 12.0 Å². The highest BCUT2D eigenvalue weighted by Crippen LogP contribution is 2.38. The van der Waals surface area contributed by atoms with E-state index in [0.29, 0.717) is 0 Å². The second kappa shape index (κ2) is 15.6. The number of nitrogens with zero attached hydrogens (tertiary/aromatic N) is 3. The molecule has 3 heteroatoms. The number of hydrogen-bond acceptors (Lipinski definition) is 3. The molecule has 11 rings (SSSR count). The number of aromatic nitrogens is 1. The molecule has 0 saturated carbocycles. The SMILES string of the molecule is CC1CC/C(c2ccc(-c3ccccc3)cc2-c2ccccc2)=N\C(c2ccc3c(ccc4cnc5ccccc5c43)c2)=N/C1c1ccc(-c2cccc3ccccc23)cc1. The molecule has 1 aromatic heterocycles. The number of rotatable bonds is 6. The lowest BCUT2D eigenvalue weighted by Crippen LogP contribution is -2.18. The minimum absolute atomic E-state index is 0.0711. The maximum absolute atomic E-state index is 5.69. The fourth-order valence-electron chi connectivity index (χ4n) is 9.36. The molecule has 2 atom stereocenters. The van der Waals surface area contributed by atoms with Gasteiger partial charge in [-0.25, -0.2) is 4.99 Å². The summed E-state index contributed by atoms with van der Waals surface area (Å²) < 4.78 is 0. The van der Waals surface area contributed by atoms with Crippen molar-refractivity contribution in [3.05, 3.63) is 223 Å². The molecule has 290 valence electrons. The van der Waals surface area contributed by atoms with E-state index in [1.165, 1.54) is 60.5 Å². The lowest BCUT2D eigenvalue weighted by Gasteiger charge is -2.26. The number of amidine groups is 1. The highest BCUT2D eigenvalue weighted by molar-refractivity contribution is 6.21. The topological polar surface area (TPSA) is 37.6 Å². The molecular formula is C58H43N3. The monoisotopic (exact) mass is 781 g/mol. The largest absolute Gasteiger partial charge is 0.258 e. The molecule has 0 bridgehead atoms. The van der Waals surface area contributed by atoms with Gasteiger partial charge in [-0.2, -0.15) is 0 Å². The third-order valence-corrected chi connectivity index (χ3v) is 12.6. The van der Waals surface area contributed by atoms with Crippen LogP contribution in [0, 0.1) is 5.92 Å². The van der Waals surface area contributed by atoms with E-state index in [1.54, 1.807) is 0 Å². The normalized spacial score (nSPS) is 17.4. The molecule has 0 N–H and O–H groups in total. The average molecular weight is 782 g/mol. The van der Waals surface area contributed by atoms with Crippen LogP contribution in [0.1, 0.15) is 42.5 Å². The first-order chi connectivity index (χ1) is 30.1. The summed E-state index contributed by atoms with van der Waals surface area (Å²) >= 11 is 0. The average Bonchev–Trinajstić information content (AvgIpc) is 3.33. The molecule has 0 saturated heterocycles. The Hall–Kier alpha value is -7.49. The molecule has 2 heterocycles. The van der Waals surface area contributed by atoms with Crippen LogP contribution < -0.4 is 0 Å². The Bertz CT molecular complexity index is 3310. The van der Waals surface area contributed by atoms with Gasteiger partial charge in [-0.1, -0.05) is 189 Å². The Balaban J connectivity index is 1.08. The highest BCUT2D eigenvalue weighted by atomic mass is 15.0. The third kappa shape index (κ3) is 6.88. The van der Waals surface area contributed by atoms with Gasteiger partial charge in [0.1, 0.15) is 0 Å². The number of hydrogen-bond donors (Lipinski definition) is 0. The van der Waals surface area contributed by atoms with E-state index in [4.69, 9.17) is 15.0 Å². The standard InChI is InChI=1S/C58H43N3/c1-38-23-34-55(51-33-30-44(39-13-4-2-5-14-39)36-53(51)41-15-6-3-7-16-41)60-58(46-31-32-50-45(35-46)28-29-47-37-59-54-22-11-10-20-52(54)56(47)50)61-57(38)43-26-24-42(25-27-43)49-21-12-18-40-17-8-9-19-48(40)49/h2-22,24-33,35-38,57H,23,34H2,1H3/b60-55+,61-58-. The number of fused-ring (bicyclic) bond motifs is 6. The Morgan fingerprint density at radius 2 is 1.11 bits per heavy atom. The van der Waals surface area contributed by atoms with Crippen molar-refractivity contribution in [2.24, 2.45) is 15.9 Å². The van der Waals surface area contributed by atoms with E-state index in [9.17, 15) is 0 Å². The van der Waals surface area contributed by atoms with Gasteiger partial charge < -0.3 is 0 Å². The minimum Gasteiger partial charge on any atom is -0.258 e. The zero-order valence-corrected chi connectivity index (χ0v) is 34.0. The van der Waals surface area contributed by atoms with E-state index in [0.717, 1.165) is 57.2 Å². The van der Waals surface area contributed by atoms with Gasteiger partial charge in [-0.05, 0) is 97.4 Å². The molecular weight excluding hydrogens is 739 g/mol. The fourth-order valence-corrected chi connectivity index (χ4v) is 9.36. The van der Waals surface area contributed by atoms with Crippen LogP contribution in [0.3, 0.4) is 0 Å². The second-order valence-corrected chi connectivity index (χ2v) is 16.4. The first-order valence-electron chi connectivity index (χ1n) is 21.3. The van der Waals surface area contributed by atoms with Crippen LogP contribution >= 0.6 is 0 Å². The Morgan fingerprint density at radius 1 is 0.443 bits per heavy atom. The molecule has 3 nitrogen and oxygen atoms in total. The number of para-hydroxylation sites is 1. The summed E-state index contributed by atoms with van der Waals surface area (Å²) in [6, 6.07) is 72.1. The van der Waals surface area contributed by atoms with Crippen LogP contribution in [0.5, 0.6) is 0 Å². The predicted molar refractivity (Wildman–Crippen MR) is 258 cm³/mol. The van der Waals surface area contributed by atoms with Crippen LogP contribution in [-0.4, -0.2) is 16.5 Å². The summed E-state index contributed by atoms with van der Waals surface area (Å²) in [5.41, 5.74) is 12.6. The fraction of sp³-hybridized carbons (Fsp3) is 0.0862. The van der Waals surface area contributed by atoms with Gasteiger partial charge >= 0.3 is 0 Å². The van der Waals surface area contributed by atoms with Crippen LogP contribution in [0.15, 0.2) is 216 Å². The van der Waals surface area contributed by atoms with Gasteiger partial charge in [-0.3, -0.25) is 9.98 Å². The Labute approximate surface area is 356 Å². The molecule has 61 heavy (non-hydrogen) atoms. The van der Waals surface area contributed by atoms with E-state index in [1.807, 2.05) is 6.20 Å². The number of aliphatic imine (C=N–C) groups is 2. The van der Waals surface area contributed by atoms with Crippen LogP contribution in [-0.2, 0) is 0 Å². The van der Waals surface area contributed by atoms with Gasteiger partial charge in [0.25, 0.3) is 0 Å². The number of benzene rings is 9. The van der Waals surface area contributed by atoms with Crippen molar-refractivity contribution in [3.63, 3.8) is 0 Å². The molecule has 0 radical (unpaired) electrons. The third-order valence-electron chi connectivity index (χ3n) is 12.6. The van der Waals surface area contributed by atoms with Gasteiger partial charge in [0.15, 0.2) is 5.84 Å². The molecule has 1 aliphatic heterocycles. The van der Waals surface area contributed by atoms with E-state index >= 15 is 0 Å². The van der Waals surface area contributed by atoms with Gasteiger partial charge in [0.2, 0.25) is 0 Å². The van der Waals surface area contributed by atoms with Gasteiger partial charge in [0, 0.05) is 33.5 Å². The van der Waals surface area contributed by atoms with Crippen molar-refractivity contribution in [3.8, 4) is 33.4 Å². The molecule has 2 unspecified atom stereocenters. The van der Waals surface area contributed by atoms with Crippen LogP contribution in [0.4, 0.5) is 0 Å². The summed E-state index contributed by atoms with van der Waals surface area (Å²) in [7, 11) is 0. The highest BCUT2D eigenvalue weighted by Gasteiger charge is 2.25. The molecule has 10 aromatic rings. The quantitative estimate of drug-likeness (QED) is 0.155. The lowest BCUT2D eigenvalue weighted by atomic mass is 9.86. The zero-order chi connectivity index (χ0) is 40.7. The Morgan fingerprint density at radius 3 is 1.95 bits per heavy atom. The second-order valence-electron chi connectivity index (χ2n) is 16.4. The van der Waals surface area contributed by atoms with E-state index < -0.39 is 0 Å². The van der Waals surface area contributed by atoms with Crippen molar-refractivity contribution in [2.75, 3.05) is 0 Å². The van der Waals surface area contributed by atoms with Crippen LogP contribution in [0.25, 0.3) is 76.6 Å². The summed E-state index contributed by atoms with van der Waals surface area (Å²) in [5.74, 6) is 1.02. The predicted octanol–water partition coefficient (Wildman–Crippen LogP) is 15.1. The maximum atomic E-state index is 5.69. The summed E-state index contributed by atoms with van der Waals surface area (Å²) in [4.78, 5) is 16.1. The Kier molecular flexibility index (Phi) is 9.35.